The standard InChI is InChI=1S/C13H20N2O3/c1-9(2)15-6-4-5-11(15)13(18)14-8-10(3)7-12(16)17/h4-6,9-10H,7-8H2,1-3H3,(H,14,18)(H,16,17). The number of aliphatic carboxylic acids is 1. The van der Waals surface area contributed by atoms with E-state index in [1.807, 2.05) is 30.7 Å². The number of carboxylic acid groups (broad SMARTS) is 1. The van der Waals surface area contributed by atoms with Crippen LogP contribution in [0.4, 0.5) is 0 Å². The lowest BCUT2D eigenvalue weighted by Crippen LogP contribution is -2.31. The van der Waals surface area contributed by atoms with Crippen LogP contribution in [0.5, 0.6) is 0 Å². The lowest BCUT2D eigenvalue weighted by atomic mass is 10.1. The second-order valence-electron chi connectivity index (χ2n) is 4.81. The highest BCUT2D eigenvalue weighted by Crippen LogP contribution is 2.10. The van der Waals surface area contributed by atoms with Gasteiger partial charge in [0.15, 0.2) is 0 Å². The summed E-state index contributed by atoms with van der Waals surface area (Å²) < 4.78 is 1.89. The smallest absolute Gasteiger partial charge is 0.303 e. The normalized spacial score (nSPS) is 12.4. The Balaban J connectivity index is 2.55. The van der Waals surface area contributed by atoms with Gasteiger partial charge in [0, 0.05) is 25.2 Å². The first kappa shape index (κ1) is 14.3. The molecule has 5 heteroatoms. The molecule has 1 aromatic heterocycles. The van der Waals surface area contributed by atoms with Gasteiger partial charge in [-0.3, -0.25) is 9.59 Å². The van der Waals surface area contributed by atoms with Crippen molar-refractivity contribution in [3.05, 3.63) is 24.0 Å². The van der Waals surface area contributed by atoms with Gasteiger partial charge in [0.2, 0.25) is 0 Å². The molecule has 0 fully saturated rings. The number of hydrogen-bond acceptors (Lipinski definition) is 2. The number of nitrogens with one attached hydrogen (secondary N) is 1. The molecule has 0 aliphatic rings. The highest BCUT2D eigenvalue weighted by Gasteiger charge is 2.14. The van der Waals surface area contributed by atoms with Crippen LogP contribution in [-0.4, -0.2) is 28.1 Å². The van der Waals surface area contributed by atoms with Gasteiger partial charge in [-0.15, -0.1) is 0 Å². The quantitative estimate of drug-likeness (QED) is 0.812. The second-order valence-corrected chi connectivity index (χ2v) is 4.81. The molecule has 0 bridgehead atoms. The summed E-state index contributed by atoms with van der Waals surface area (Å²) in [6.07, 6.45) is 1.92. The first-order valence-corrected chi connectivity index (χ1v) is 6.08. The van der Waals surface area contributed by atoms with Crippen LogP contribution in [-0.2, 0) is 4.79 Å². The molecule has 5 nitrogen and oxygen atoms in total. The fourth-order valence-corrected chi connectivity index (χ4v) is 1.76. The molecule has 0 spiro atoms. The van der Waals surface area contributed by atoms with Crippen molar-refractivity contribution in [3.63, 3.8) is 0 Å². The average Bonchev–Trinajstić information content (AvgIpc) is 2.73. The van der Waals surface area contributed by atoms with Crippen molar-refractivity contribution in [1.82, 2.24) is 9.88 Å². The largest absolute Gasteiger partial charge is 0.481 e. The molecular formula is C13H20N2O3. The summed E-state index contributed by atoms with van der Waals surface area (Å²) in [5.74, 6) is -1.08. The summed E-state index contributed by atoms with van der Waals surface area (Å²) in [7, 11) is 0. The molecule has 0 saturated heterocycles. The number of amides is 1. The number of nitrogens with zero attached hydrogens (tertiary/aromatic N) is 1. The van der Waals surface area contributed by atoms with Crippen molar-refractivity contribution in [2.45, 2.75) is 33.2 Å². The van der Waals surface area contributed by atoms with E-state index in [0.717, 1.165) is 0 Å². The molecule has 1 aromatic rings. The van der Waals surface area contributed by atoms with E-state index in [-0.39, 0.29) is 24.3 Å². The molecule has 0 aromatic carbocycles. The minimum atomic E-state index is -0.845. The fourth-order valence-electron chi connectivity index (χ4n) is 1.76. The number of carbonyl (C=O) groups is 2. The van der Waals surface area contributed by atoms with E-state index < -0.39 is 5.97 Å². The summed E-state index contributed by atoms with van der Waals surface area (Å²) in [6.45, 7) is 6.18. The molecule has 18 heavy (non-hydrogen) atoms. The summed E-state index contributed by atoms with van der Waals surface area (Å²) in [5.41, 5.74) is 0.604. The molecule has 0 aliphatic heterocycles. The first-order valence-electron chi connectivity index (χ1n) is 6.08. The lowest BCUT2D eigenvalue weighted by Gasteiger charge is -2.14. The Bertz CT molecular complexity index is 424. The van der Waals surface area contributed by atoms with Gasteiger partial charge in [0.25, 0.3) is 5.91 Å². The molecule has 100 valence electrons. The molecule has 2 N–H and O–H groups in total. The van der Waals surface area contributed by atoms with E-state index in [0.29, 0.717) is 12.2 Å². The molecule has 0 radical (unpaired) electrons. The Morgan fingerprint density at radius 1 is 1.39 bits per heavy atom. The van der Waals surface area contributed by atoms with Gasteiger partial charge < -0.3 is 15.0 Å². The molecule has 1 rings (SSSR count). The van der Waals surface area contributed by atoms with Crippen LogP contribution in [0.25, 0.3) is 0 Å². The lowest BCUT2D eigenvalue weighted by molar-refractivity contribution is -0.137. The first-order chi connectivity index (χ1) is 8.41. The monoisotopic (exact) mass is 252 g/mol. The van der Waals surface area contributed by atoms with E-state index in [1.54, 1.807) is 13.0 Å². The van der Waals surface area contributed by atoms with Gasteiger partial charge in [0.1, 0.15) is 5.69 Å². The second kappa shape index (κ2) is 6.23. The van der Waals surface area contributed by atoms with Gasteiger partial charge in [0.05, 0.1) is 0 Å². The van der Waals surface area contributed by atoms with Crippen LogP contribution in [0, 0.1) is 5.92 Å². The zero-order valence-corrected chi connectivity index (χ0v) is 11.0. The third-order valence-electron chi connectivity index (χ3n) is 2.70. The summed E-state index contributed by atoms with van der Waals surface area (Å²) >= 11 is 0. The molecule has 1 amide bonds. The van der Waals surface area contributed by atoms with Crippen molar-refractivity contribution >= 4 is 11.9 Å². The van der Waals surface area contributed by atoms with Crippen LogP contribution in [0.15, 0.2) is 18.3 Å². The molecule has 1 unspecified atom stereocenters. The predicted octanol–water partition coefficient (Wildman–Crippen LogP) is 1.91. The summed E-state index contributed by atoms with van der Waals surface area (Å²) in [5, 5.41) is 11.4. The van der Waals surface area contributed by atoms with E-state index in [4.69, 9.17) is 5.11 Å². The third-order valence-corrected chi connectivity index (χ3v) is 2.70. The van der Waals surface area contributed by atoms with Gasteiger partial charge in [-0.1, -0.05) is 6.92 Å². The van der Waals surface area contributed by atoms with Crippen molar-refractivity contribution in [3.8, 4) is 0 Å². The van der Waals surface area contributed by atoms with Gasteiger partial charge in [-0.2, -0.15) is 0 Å². The number of aromatic nitrogens is 1. The zero-order chi connectivity index (χ0) is 13.7. The molecular weight excluding hydrogens is 232 g/mol. The molecule has 1 atom stereocenters. The van der Waals surface area contributed by atoms with Gasteiger partial charge in [-0.05, 0) is 31.9 Å². The zero-order valence-electron chi connectivity index (χ0n) is 11.0. The highest BCUT2D eigenvalue weighted by molar-refractivity contribution is 5.92. The van der Waals surface area contributed by atoms with E-state index in [9.17, 15) is 9.59 Å². The van der Waals surface area contributed by atoms with Crippen molar-refractivity contribution in [2.75, 3.05) is 6.54 Å². The fraction of sp³-hybridized carbons (Fsp3) is 0.538. The van der Waals surface area contributed by atoms with E-state index in [1.165, 1.54) is 0 Å². The maximum atomic E-state index is 11.9. The topological polar surface area (TPSA) is 71.3 Å². The minimum absolute atomic E-state index is 0.0610. The maximum Gasteiger partial charge on any atom is 0.303 e. The molecule has 1 heterocycles. The molecule has 0 aliphatic carbocycles. The highest BCUT2D eigenvalue weighted by atomic mass is 16.4. The van der Waals surface area contributed by atoms with Crippen molar-refractivity contribution in [1.29, 1.82) is 0 Å². The summed E-state index contributed by atoms with van der Waals surface area (Å²) in [4.78, 5) is 22.5. The van der Waals surface area contributed by atoms with Crippen molar-refractivity contribution < 1.29 is 14.7 Å². The SMILES string of the molecule is CC(CNC(=O)c1cccn1C(C)C)CC(=O)O. The maximum absolute atomic E-state index is 11.9. The number of carbonyl (C=O) groups excluding carboxylic acids is 1. The van der Waals surface area contributed by atoms with Crippen LogP contribution in [0.2, 0.25) is 0 Å². The van der Waals surface area contributed by atoms with Gasteiger partial charge in [-0.25, -0.2) is 0 Å². The average molecular weight is 252 g/mol. The van der Waals surface area contributed by atoms with E-state index in [2.05, 4.69) is 5.32 Å². The van der Waals surface area contributed by atoms with Crippen LogP contribution >= 0.6 is 0 Å². The minimum Gasteiger partial charge on any atom is -0.481 e. The number of rotatable bonds is 6. The Morgan fingerprint density at radius 2 is 2.06 bits per heavy atom. The van der Waals surface area contributed by atoms with E-state index >= 15 is 0 Å². The Labute approximate surface area is 107 Å². The van der Waals surface area contributed by atoms with Crippen LogP contribution in [0.3, 0.4) is 0 Å². The van der Waals surface area contributed by atoms with Crippen LogP contribution < -0.4 is 5.32 Å². The predicted molar refractivity (Wildman–Crippen MR) is 68.6 cm³/mol. The number of carboxylic acids is 1. The van der Waals surface area contributed by atoms with Crippen LogP contribution in [0.1, 0.15) is 43.7 Å². The Hall–Kier alpha value is -1.78. The third kappa shape index (κ3) is 3.91. The van der Waals surface area contributed by atoms with Crippen molar-refractivity contribution in [2.24, 2.45) is 5.92 Å². The molecule has 0 saturated carbocycles. The Morgan fingerprint density at radius 3 is 2.61 bits per heavy atom. The van der Waals surface area contributed by atoms with Gasteiger partial charge >= 0.3 is 5.97 Å². The Kier molecular flexibility index (Phi) is 4.95. The number of hydrogen-bond donors (Lipinski definition) is 2. The summed E-state index contributed by atoms with van der Waals surface area (Å²) in [6, 6.07) is 3.81.